The molecule has 3 rings (SSSR count). The van der Waals surface area contributed by atoms with Gasteiger partial charge in [0.15, 0.2) is 5.11 Å². The van der Waals surface area contributed by atoms with E-state index in [2.05, 4.69) is 32.4 Å². The minimum Gasteiger partial charge on any atom is -0.439 e. The van der Waals surface area contributed by atoms with E-state index >= 15 is 0 Å². The van der Waals surface area contributed by atoms with E-state index in [0.29, 0.717) is 29.5 Å². The Balaban J connectivity index is 1.75. The molecule has 1 aliphatic rings. The molecule has 0 spiro atoms. The summed E-state index contributed by atoms with van der Waals surface area (Å²) in [7, 11) is 1.69. The molecule has 7 nitrogen and oxygen atoms in total. The maximum Gasteiger partial charge on any atom is 0.234 e. The molecule has 1 saturated heterocycles. The van der Waals surface area contributed by atoms with Crippen molar-refractivity contribution in [3.63, 3.8) is 0 Å². The third-order valence-electron chi connectivity index (χ3n) is 4.67. The van der Waals surface area contributed by atoms with Crippen LogP contribution >= 0.6 is 12.2 Å². The lowest BCUT2D eigenvalue weighted by Gasteiger charge is -2.32. The molecule has 2 aromatic rings. The number of piperidine rings is 1. The van der Waals surface area contributed by atoms with Gasteiger partial charge in [-0.15, -0.1) is 0 Å². The number of rotatable bonds is 8. The highest BCUT2D eigenvalue weighted by molar-refractivity contribution is 7.80. The monoisotopic (exact) mass is 415 g/mol. The summed E-state index contributed by atoms with van der Waals surface area (Å²) < 4.78 is 11.0. The van der Waals surface area contributed by atoms with E-state index in [0.717, 1.165) is 44.0 Å². The molecule has 1 fully saturated rings. The molecule has 0 saturated carbocycles. The molecule has 29 heavy (non-hydrogen) atoms. The van der Waals surface area contributed by atoms with E-state index in [1.54, 1.807) is 7.11 Å². The average Bonchev–Trinajstić information content (AvgIpc) is 2.72. The van der Waals surface area contributed by atoms with E-state index in [4.69, 9.17) is 21.7 Å². The van der Waals surface area contributed by atoms with Crippen molar-refractivity contribution in [2.24, 2.45) is 5.92 Å². The van der Waals surface area contributed by atoms with Crippen LogP contribution in [0.4, 0.5) is 11.8 Å². The summed E-state index contributed by atoms with van der Waals surface area (Å²) >= 11 is 5.38. The fraction of sp³-hybridized carbons (Fsp3) is 0.476. The van der Waals surface area contributed by atoms with Crippen molar-refractivity contribution in [2.45, 2.75) is 26.2 Å². The van der Waals surface area contributed by atoms with Crippen molar-refractivity contribution in [1.82, 2.24) is 15.3 Å². The molecule has 1 aliphatic heterocycles. The fourth-order valence-corrected chi connectivity index (χ4v) is 3.45. The Bertz CT molecular complexity index is 790. The molecule has 156 valence electrons. The number of nitrogens with zero attached hydrogens (tertiary/aromatic N) is 3. The molecular formula is C21H29N5O2S. The average molecular weight is 416 g/mol. The quantitative estimate of drug-likeness (QED) is 0.498. The Kier molecular flexibility index (Phi) is 8.01. The Morgan fingerprint density at radius 1 is 1.28 bits per heavy atom. The first-order valence-electron chi connectivity index (χ1n) is 10.0. The van der Waals surface area contributed by atoms with Crippen LogP contribution in [0.15, 0.2) is 36.4 Å². The van der Waals surface area contributed by atoms with Gasteiger partial charge >= 0.3 is 0 Å². The predicted molar refractivity (Wildman–Crippen MR) is 120 cm³/mol. The Labute approximate surface area is 177 Å². The topological polar surface area (TPSA) is 71.5 Å². The third kappa shape index (κ3) is 6.83. The van der Waals surface area contributed by atoms with Crippen LogP contribution in [0.25, 0.3) is 0 Å². The number of ether oxygens (including phenoxy) is 2. The first-order chi connectivity index (χ1) is 14.1. The molecule has 0 bridgehead atoms. The van der Waals surface area contributed by atoms with E-state index in [9.17, 15) is 0 Å². The van der Waals surface area contributed by atoms with Crippen molar-refractivity contribution in [1.29, 1.82) is 0 Å². The first kappa shape index (κ1) is 21.3. The molecule has 2 N–H and O–H groups in total. The molecule has 0 amide bonds. The number of hydrogen-bond donors (Lipinski definition) is 2. The van der Waals surface area contributed by atoms with E-state index < -0.39 is 0 Å². The van der Waals surface area contributed by atoms with Crippen LogP contribution in [-0.2, 0) is 4.74 Å². The van der Waals surface area contributed by atoms with Crippen LogP contribution in [0.5, 0.6) is 11.6 Å². The standard InChI is InChI=1S/C21H29N5O2S/c1-16-8-6-12-26(15-16)18-14-19(28-17-9-4-3-5-10-17)24-20(23-18)25-21(29)22-11-7-13-27-2/h3-5,9-10,14,16H,6-8,11-13,15H2,1-2H3,(H2,22,23,24,25,29)/t16-/m1/s1. The molecule has 0 aliphatic carbocycles. The molecule has 1 aromatic carbocycles. The molecule has 1 atom stereocenters. The Morgan fingerprint density at radius 3 is 2.86 bits per heavy atom. The van der Waals surface area contributed by atoms with Crippen LogP contribution in [0.1, 0.15) is 26.2 Å². The van der Waals surface area contributed by atoms with Gasteiger partial charge in [0.2, 0.25) is 11.8 Å². The number of methoxy groups -OCH3 is 1. The lowest BCUT2D eigenvalue weighted by molar-refractivity contribution is 0.196. The van der Waals surface area contributed by atoms with Gasteiger partial charge in [-0.2, -0.15) is 9.97 Å². The van der Waals surface area contributed by atoms with Crippen LogP contribution < -0.4 is 20.3 Å². The number of aromatic nitrogens is 2. The third-order valence-corrected chi connectivity index (χ3v) is 4.92. The minimum absolute atomic E-state index is 0.427. The van der Waals surface area contributed by atoms with Crippen LogP contribution in [-0.4, -0.2) is 48.4 Å². The second-order valence-electron chi connectivity index (χ2n) is 7.22. The predicted octanol–water partition coefficient (Wildman–Crippen LogP) is 3.83. The highest BCUT2D eigenvalue weighted by Gasteiger charge is 2.20. The van der Waals surface area contributed by atoms with E-state index in [1.165, 1.54) is 6.42 Å². The van der Waals surface area contributed by atoms with Crippen molar-refractivity contribution in [2.75, 3.05) is 43.6 Å². The largest absolute Gasteiger partial charge is 0.439 e. The zero-order valence-electron chi connectivity index (χ0n) is 17.1. The first-order valence-corrected chi connectivity index (χ1v) is 10.5. The lowest BCUT2D eigenvalue weighted by Crippen LogP contribution is -2.35. The lowest BCUT2D eigenvalue weighted by atomic mass is 10.0. The smallest absolute Gasteiger partial charge is 0.234 e. The van der Waals surface area contributed by atoms with Gasteiger partial charge in [0.25, 0.3) is 0 Å². The summed E-state index contributed by atoms with van der Waals surface area (Å²) in [6.45, 7) is 5.62. The van der Waals surface area contributed by atoms with Crippen LogP contribution in [0, 0.1) is 5.92 Å². The van der Waals surface area contributed by atoms with E-state index in [-0.39, 0.29) is 0 Å². The van der Waals surface area contributed by atoms with Crippen molar-refractivity contribution in [3.8, 4) is 11.6 Å². The van der Waals surface area contributed by atoms with Gasteiger partial charge in [-0.1, -0.05) is 25.1 Å². The summed E-state index contributed by atoms with van der Waals surface area (Å²) in [5, 5.41) is 6.72. The second-order valence-corrected chi connectivity index (χ2v) is 7.63. The molecule has 0 unspecified atom stereocenters. The zero-order valence-corrected chi connectivity index (χ0v) is 17.9. The molecule has 2 heterocycles. The van der Waals surface area contributed by atoms with Crippen molar-refractivity contribution >= 4 is 29.1 Å². The van der Waals surface area contributed by atoms with E-state index in [1.807, 2.05) is 36.4 Å². The van der Waals surface area contributed by atoms with Gasteiger partial charge in [0, 0.05) is 39.4 Å². The summed E-state index contributed by atoms with van der Waals surface area (Å²) in [5.41, 5.74) is 0. The number of thiocarbonyl (C=S) groups is 1. The summed E-state index contributed by atoms with van der Waals surface area (Å²) in [4.78, 5) is 11.5. The number of benzene rings is 1. The zero-order chi connectivity index (χ0) is 20.5. The fourth-order valence-electron chi connectivity index (χ4n) is 3.25. The van der Waals surface area contributed by atoms with Gasteiger partial charge in [-0.3, -0.25) is 0 Å². The van der Waals surface area contributed by atoms with Crippen LogP contribution in [0.3, 0.4) is 0 Å². The van der Waals surface area contributed by atoms with Gasteiger partial charge in [-0.05, 0) is 49.5 Å². The summed E-state index contributed by atoms with van der Waals surface area (Å²) in [5.74, 6) is 3.13. The number of hydrogen-bond acceptors (Lipinski definition) is 6. The van der Waals surface area contributed by atoms with Gasteiger partial charge in [0.1, 0.15) is 11.6 Å². The Morgan fingerprint density at radius 2 is 2.10 bits per heavy atom. The second kappa shape index (κ2) is 10.9. The minimum atomic E-state index is 0.427. The van der Waals surface area contributed by atoms with Crippen LogP contribution in [0.2, 0.25) is 0 Å². The summed E-state index contributed by atoms with van der Waals surface area (Å²) in [6.07, 6.45) is 3.27. The molecule has 1 aromatic heterocycles. The molecule has 8 heteroatoms. The SMILES string of the molecule is COCCCNC(=S)Nc1nc(Oc2ccccc2)cc(N2CCC[C@@H](C)C2)n1. The van der Waals surface area contributed by atoms with Gasteiger partial charge in [-0.25, -0.2) is 0 Å². The number of anilines is 2. The Hall–Kier alpha value is -2.45. The highest BCUT2D eigenvalue weighted by atomic mass is 32.1. The van der Waals surface area contributed by atoms with Crippen molar-refractivity contribution < 1.29 is 9.47 Å². The molecular weight excluding hydrogens is 386 g/mol. The summed E-state index contributed by atoms with van der Waals surface area (Å²) in [6, 6.07) is 11.5. The number of nitrogens with one attached hydrogen (secondary N) is 2. The van der Waals surface area contributed by atoms with Gasteiger partial charge < -0.3 is 25.0 Å². The maximum absolute atomic E-state index is 5.97. The number of para-hydroxylation sites is 1. The maximum atomic E-state index is 5.97. The normalized spacial score (nSPS) is 16.3. The molecule has 0 radical (unpaired) electrons. The highest BCUT2D eigenvalue weighted by Crippen LogP contribution is 2.27. The van der Waals surface area contributed by atoms with Gasteiger partial charge in [0.05, 0.1) is 0 Å². The van der Waals surface area contributed by atoms with Crippen molar-refractivity contribution in [3.05, 3.63) is 36.4 Å².